The maximum atomic E-state index is 11.6. The number of halogens is 1. The second-order valence-corrected chi connectivity index (χ2v) is 10.1. The Morgan fingerprint density at radius 1 is 1.31 bits per heavy atom. The van der Waals surface area contributed by atoms with E-state index in [2.05, 4.69) is 64.7 Å². The highest BCUT2D eigenvalue weighted by molar-refractivity contribution is 9.10. The third kappa shape index (κ3) is 4.24. The van der Waals surface area contributed by atoms with Crippen LogP contribution in [0.4, 0.5) is 0 Å². The standard InChI is InChI=1S/C23H25BrN2O2S/c1-14(2)12-15-9-10-25-23-20(15)22(29-18-7-5-17(24)6-8-18)21-16(13-19(27)28)4-3-11-26(21)23/h5-10,14,16H,3-4,11-13H2,1-2H3,(H,27,28). The van der Waals surface area contributed by atoms with Crippen LogP contribution in [-0.4, -0.2) is 20.6 Å². The van der Waals surface area contributed by atoms with E-state index < -0.39 is 5.97 Å². The van der Waals surface area contributed by atoms with Crippen molar-refractivity contribution in [3.8, 4) is 0 Å². The van der Waals surface area contributed by atoms with Crippen LogP contribution in [0.5, 0.6) is 0 Å². The molecule has 1 atom stereocenters. The largest absolute Gasteiger partial charge is 0.481 e. The molecule has 3 heterocycles. The molecular formula is C23H25BrN2O2S. The fourth-order valence-corrected chi connectivity index (χ4v) is 5.79. The Hall–Kier alpha value is -1.79. The third-order valence-corrected chi connectivity index (χ3v) is 7.08. The van der Waals surface area contributed by atoms with E-state index in [0.29, 0.717) is 5.92 Å². The van der Waals surface area contributed by atoms with Crippen LogP contribution < -0.4 is 0 Å². The van der Waals surface area contributed by atoms with Gasteiger partial charge in [0.05, 0.1) is 6.42 Å². The molecular weight excluding hydrogens is 448 g/mol. The van der Waals surface area contributed by atoms with Crippen LogP contribution in [0.25, 0.3) is 11.0 Å². The van der Waals surface area contributed by atoms with Crippen LogP contribution in [-0.2, 0) is 17.8 Å². The molecule has 0 saturated heterocycles. The molecule has 1 aliphatic heterocycles. The van der Waals surface area contributed by atoms with Crippen LogP contribution in [0.1, 0.15) is 50.3 Å². The van der Waals surface area contributed by atoms with Gasteiger partial charge in [0, 0.05) is 44.0 Å². The molecule has 1 N–H and O–H groups in total. The zero-order valence-electron chi connectivity index (χ0n) is 16.7. The summed E-state index contributed by atoms with van der Waals surface area (Å²) in [5, 5.41) is 10.7. The Kier molecular flexibility index (Phi) is 6.02. The van der Waals surface area contributed by atoms with Crippen molar-refractivity contribution in [1.29, 1.82) is 0 Å². The number of hydrogen-bond acceptors (Lipinski definition) is 3. The van der Waals surface area contributed by atoms with Crippen molar-refractivity contribution < 1.29 is 9.90 Å². The van der Waals surface area contributed by atoms with Gasteiger partial charge in [0.15, 0.2) is 0 Å². The van der Waals surface area contributed by atoms with Gasteiger partial charge in [0.2, 0.25) is 0 Å². The number of aromatic nitrogens is 2. The van der Waals surface area contributed by atoms with Gasteiger partial charge in [0.25, 0.3) is 0 Å². The minimum atomic E-state index is -0.733. The van der Waals surface area contributed by atoms with Gasteiger partial charge in [-0.3, -0.25) is 4.79 Å². The highest BCUT2D eigenvalue weighted by Crippen LogP contribution is 2.46. The van der Waals surface area contributed by atoms with Crippen LogP contribution >= 0.6 is 27.7 Å². The quantitative estimate of drug-likeness (QED) is 0.444. The van der Waals surface area contributed by atoms with E-state index in [-0.39, 0.29) is 12.3 Å². The van der Waals surface area contributed by atoms with Gasteiger partial charge < -0.3 is 9.67 Å². The molecule has 152 valence electrons. The first-order valence-corrected chi connectivity index (χ1v) is 11.7. The van der Waals surface area contributed by atoms with Gasteiger partial charge in [-0.05, 0) is 61.1 Å². The highest BCUT2D eigenvalue weighted by Gasteiger charge is 2.31. The first kappa shape index (κ1) is 20.5. The molecule has 0 amide bonds. The van der Waals surface area contributed by atoms with Crippen LogP contribution in [0, 0.1) is 5.92 Å². The molecule has 0 aliphatic carbocycles. The summed E-state index contributed by atoms with van der Waals surface area (Å²) in [6, 6.07) is 10.5. The lowest BCUT2D eigenvalue weighted by molar-refractivity contribution is -0.137. The molecule has 1 aromatic carbocycles. The molecule has 0 saturated carbocycles. The summed E-state index contributed by atoms with van der Waals surface area (Å²) in [5.74, 6) is -0.165. The maximum absolute atomic E-state index is 11.6. The summed E-state index contributed by atoms with van der Waals surface area (Å²) in [7, 11) is 0. The van der Waals surface area contributed by atoms with E-state index in [1.165, 1.54) is 15.8 Å². The van der Waals surface area contributed by atoms with Gasteiger partial charge in [0.1, 0.15) is 5.65 Å². The molecule has 1 aliphatic rings. The zero-order valence-corrected chi connectivity index (χ0v) is 19.1. The fraction of sp³-hybridized carbons (Fsp3) is 0.391. The number of rotatable bonds is 6. The number of hydrogen-bond donors (Lipinski definition) is 1. The monoisotopic (exact) mass is 472 g/mol. The number of fused-ring (bicyclic) bond motifs is 3. The topological polar surface area (TPSA) is 55.1 Å². The van der Waals surface area contributed by atoms with Crippen LogP contribution in [0.2, 0.25) is 0 Å². The molecule has 6 heteroatoms. The smallest absolute Gasteiger partial charge is 0.304 e. The van der Waals surface area contributed by atoms with Crippen molar-refractivity contribution in [3.63, 3.8) is 0 Å². The Bertz CT molecular complexity index is 1040. The first-order chi connectivity index (χ1) is 13.9. The number of nitrogens with zero attached hydrogens (tertiary/aromatic N) is 2. The number of aliphatic carboxylic acids is 1. The van der Waals surface area contributed by atoms with Crippen molar-refractivity contribution in [1.82, 2.24) is 9.55 Å². The van der Waals surface area contributed by atoms with Crippen LogP contribution in [0.3, 0.4) is 0 Å². The molecule has 3 aromatic rings. The van der Waals surface area contributed by atoms with Gasteiger partial charge >= 0.3 is 5.97 Å². The zero-order chi connectivity index (χ0) is 20.5. The Morgan fingerprint density at radius 3 is 2.76 bits per heavy atom. The maximum Gasteiger partial charge on any atom is 0.304 e. The van der Waals surface area contributed by atoms with Crippen LogP contribution in [0.15, 0.2) is 50.8 Å². The number of carbonyl (C=O) groups is 1. The molecule has 0 spiro atoms. The summed E-state index contributed by atoms with van der Waals surface area (Å²) >= 11 is 5.25. The molecule has 1 unspecified atom stereocenters. The summed E-state index contributed by atoms with van der Waals surface area (Å²) < 4.78 is 3.34. The predicted molar refractivity (Wildman–Crippen MR) is 121 cm³/mol. The molecule has 0 radical (unpaired) electrons. The minimum Gasteiger partial charge on any atom is -0.481 e. The normalized spacial score (nSPS) is 16.3. The lowest BCUT2D eigenvalue weighted by atomic mass is 9.92. The number of aryl methyl sites for hydroxylation is 1. The SMILES string of the molecule is CC(C)Cc1ccnc2c1c(Sc1ccc(Br)cc1)c1n2CCCC1CC(=O)O. The molecule has 4 rings (SSSR count). The molecule has 29 heavy (non-hydrogen) atoms. The van der Waals surface area contributed by atoms with Gasteiger partial charge in [-0.1, -0.05) is 41.5 Å². The van der Waals surface area contributed by atoms with E-state index in [4.69, 9.17) is 4.98 Å². The minimum absolute atomic E-state index is 0.0281. The number of carboxylic acid groups (broad SMARTS) is 1. The Labute approximate surface area is 183 Å². The Balaban J connectivity index is 1.93. The molecule has 0 fully saturated rings. The average molecular weight is 473 g/mol. The third-order valence-electron chi connectivity index (χ3n) is 5.43. The number of carboxylic acids is 1. The number of benzene rings is 1. The van der Waals surface area contributed by atoms with Crippen molar-refractivity contribution in [2.75, 3.05) is 0 Å². The van der Waals surface area contributed by atoms with Gasteiger partial charge in [-0.25, -0.2) is 4.98 Å². The summed E-state index contributed by atoms with van der Waals surface area (Å²) in [6.45, 7) is 5.37. The lowest BCUT2D eigenvalue weighted by Gasteiger charge is -2.25. The second-order valence-electron chi connectivity index (χ2n) is 8.13. The highest BCUT2D eigenvalue weighted by atomic mass is 79.9. The first-order valence-electron chi connectivity index (χ1n) is 10.1. The summed E-state index contributed by atoms with van der Waals surface area (Å²) in [5.41, 5.74) is 3.47. The molecule has 2 aromatic heterocycles. The van der Waals surface area contributed by atoms with Crippen molar-refractivity contribution in [2.45, 2.75) is 61.8 Å². The van der Waals surface area contributed by atoms with E-state index in [1.807, 2.05) is 6.20 Å². The van der Waals surface area contributed by atoms with Gasteiger partial charge in [-0.15, -0.1) is 0 Å². The summed E-state index contributed by atoms with van der Waals surface area (Å²) in [4.78, 5) is 18.7. The predicted octanol–water partition coefficient (Wildman–Crippen LogP) is 6.50. The van der Waals surface area contributed by atoms with Gasteiger partial charge in [-0.2, -0.15) is 0 Å². The molecule has 4 nitrogen and oxygen atoms in total. The lowest BCUT2D eigenvalue weighted by Crippen LogP contribution is -2.18. The van der Waals surface area contributed by atoms with E-state index in [1.54, 1.807) is 11.8 Å². The average Bonchev–Trinajstić information content (AvgIpc) is 2.99. The van der Waals surface area contributed by atoms with Crippen molar-refractivity contribution >= 4 is 44.7 Å². The van der Waals surface area contributed by atoms with Crippen molar-refractivity contribution in [2.24, 2.45) is 5.92 Å². The van der Waals surface area contributed by atoms with E-state index in [0.717, 1.165) is 46.5 Å². The van der Waals surface area contributed by atoms with E-state index in [9.17, 15) is 9.90 Å². The fourth-order valence-electron chi connectivity index (χ4n) is 4.31. The number of pyridine rings is 1. The Morgan fingerprint density at radius 2 is 2.07 bits per heavy atom. The summed E-state index contributed by atoms with van der Waals surface area (Å²) in [6.07, 6.45) is 4.97. The van der Waals surface area contributed by atoms with E-state index >= 15 is 0 Å². The second kappa shape index (κ2) is 8.52. The molecule has 0 bridgehead atoms. The van der Waals surface area contributed by atoms with Crippen molar-refractivity contribution in [3.05, 3.63) is 52.3 Å².